The van der Waals surface area contributed by atoms with Crippen LogP contribution in [-0.4, -0.2) is 33.0 Å². The maximum atomic E-state index is 13.3. The van der Waals surface area contributed by atoms with Crippen molar-refractivity contribution in [1.29, 1.82) is 0 Å². The monoisotopic (exact) mass is 361 g/mol. The molecule has 1 amide bonds. The molecule has 2 unspecified atom stereocenters. The topological polar surface area (TPSA) is 78.5 Å². The molecule has 130 valence electrons. The molecule has 2 aliphatic heterocycles. The van der Waals surface area contributed by atoms with Gasteiger partial charge in [0.1, 0.15) is 11.9 Å². The van der Waals surface area contributed by atoms with E-state index in [0.29, 0.717) is 13.0 Å². The molecule has 0 saturated carbocycles. The molecule has 0 aliphatic carbocycles. The molecule has 25 heavy (non-hydrogen) atoms. The van der Waals surface area contributed by atoms with Crippen molar-refractivity contribution in [3.05, 3.63) is 54.3 Å². The number of benzene rings is 2. The summed E-state index contributed by atoms with van der Waals surface area (Å²) in [5.41, 5.74) is 1.59. The standard InChI is InChI=1S/C17H16FN3O3S/c18-11-4-3-5-13(8-11)25(23,24)20-12-9-16-17(22)19-14-6-1-2-7-15(14)21(16)10-12/h1-8,12,16,20H,9-10H2,(H,19,22). The first-order valence-electron chi connectivity index (χ1n) is 7.88. The molecule has 2 aromatic carbocycles. The molecule has 6 nitrogen and oxygen atoms in total. The van der Waals surface area contributed by atoms with Crippen molar-refractivity contribution in [3.63, 3.8) is 0 Å². The van der Waals surface area contributed by atoms with Crippen LogP contribution in [0.5, 0.6) is 0 Å². The summed E-state index contributed by atoms with van der Waals surface area (Å²) in [5.74, 6) is -0.758. The van der Waals surface area contributed by atoms with E-state index in [-0.39, 0.29) is 10.8 Å². The van der Waals surface area contributed by atoms with Crippen molar-refractivity contribution in [1.82, 2.24) is 4.72 Å². The van der Waals surface area contributed by atoms with E-state index in [4.69, 9.17) is 0 Å². The van der Waals surface area contributed by atoms with Gasteiger partial charge < -0.3 is 10.2 Å². The number of amides is 1. The Bertz CT molecular complexity index is 948. The highest BCUT2D eigenvalue weighted by molar-refractivity contribution is 7.89. The highest BCUT2D eigenvalue weighted by atomic mass is 32.2. The first kappa shape index (κ1) is 16.0. The van der Waals surface area contributed by atoms with Crippen molar-refractivity contribution >= 4 is 27.3 Å². The lowest BCUT2D eigenvalue weighted by molar-refractivity contribution is -0.117. The van der Waals surface area contributed by atoms with Crippen molar-refractivity contribution in [3.8, 4) is 0 Å². The van der Waals surface area contributed by atoms with Crippen molar-refractivity contribution in [2.45, 2.75) is 23.4 Å². The molecule has 0 spiro atoms. The third-order valence-electron chi connectivity index (χ3n) is 4.50. The molecular weight excluding hydrogens is 345 g/mol. The summed E-state index contributed by atoms with van der Waals surface area (Å²) >= 11 is 0. The normalized spacial score (nSPS) is 22.3. The average Bonchev–Trinajstić information content (AvgIpc) is 2.99. The van der Waals surface area contributed by atoms with Gasteiger partial charge in [-0.2, -0.15) is 0 Å². The van der Waals surface area contributed by atoms with Crippen LogP contribution in [0.1, 0.15) is 6.42 Å². The van der Waals surface area contributed by atoms with Crippen LogP contribution in [-0.2, 0) is 14.8 Å². The molecule has 4 rings (SSSR count). The lowest BCUT2D eigenvalue weighted by Crippen LogP contribution is -2.44. The number of hydrogen-bond donors (Lipinski definition) is 2. The van der Waals surface area contributed by atoms with Gasteiger partial charge in [-0.25, -0.2) is 17.5 Å². The molecular formula is C17H16FN3O3S. The van der Waals surface area contributed by atoms with Gasteiger partial charge in [-0.15, -0.1) is 0 Å². The Balaban J connectivity index is 1.58. The van der Waals surface area contributed by atoms with Gasteiger partial charge in [-0.1, -0.05) is 18.2 Å². The Morgan fingerprint density at radius 3 is 2.76 bits per heavy atom. The van der Waals surface area contributed by atoms with Gasteiger partial charge in [0, 0.05) is 12.6 Å². The molecule has 1 saturated heterocycles. The van der Waals surface area contributed by atoms with Gasteiger partial charge in [0.2, 0.25) is 15.9 Å². The molecule has 2 aromatic rings. The molecule has 2 aliphatic rings. The maximum absolute atomic E-state index is 13.3. The second-order valence-corrected chi connectivity index (χ2v) is 7.90. The summed E-state index contributed by atoms with van der Waals surface area (Å²) in [6.07, 6.45) is 0.356. The van der Waals surface area contributed by atoms with E-state index in [1.54, 1.807) is 0 Å². The zero-order valence-corrected chi connectivity index (χ0v) is 14.0. The first-order chi connectivity index (χ1) is 11.9. The van der Waals surface area contributed by atoms with Crippen molar-refractivity contribution in [2.24, 2.45) is 0 Å². The summed E-state index contributed by atoms with van der Waals surface area (Å²) in [5, 5.41) is 2.85. The lowest BCUT2D eigenvalue weighted by atomic mass is 10.1. The third-order valence-corrected chi connectivity index (χ3v) is 6.02. The van der Waals surface area contributed by atoms with Crippen LogP contribution in [0.25, 0.3) is 0 Å². The number of rotatable bonds is 3. The molecule has 2 N–H and O–H groups in total. The highest BCUT2D eigenvalue weighted by Crippen LogP contribution is 2.36. The quantitative estimate of drug-likeness (QED) is 0.872. The molecule has 1 fully saturated rings. The second kappa shape index (κ2) is 5.82. The van der Waals surface area contributed by atoms with Crippen LogP contribution in [0, 0.1) is 5.82 Å². The van der Waals surface area contributed by atoms with E-state index >= 15 is 0 Å². The zero-order valence-electron chi connectivity index (χ0n) is 13.1. The van der Waals surface area contributed by atoms with E-state index < -0.39 is 27.9 Å². The lowest BCUT2D eigenvalue weighted by Gasteiger charge is -2.32. The van der Waals surface area contributed by atoms with Gasteiger partial charge in [0.05, 0.1) is 16.3 Å². The molecule has 2 heterocycles. The summed E-state index contributed by atoms with van der Waals surface area (Å²) in [7, 11) is -3.85. The fourth-order valence-electron chi connectivity index (χ4n) is 3.40. The number of nitrogens with one attached hydrogen (secondary N) is 2. The molecule has 0 bridgehead atoms. The summed E-state index contributed by atoms with van der Waals surface area (Å²) < 4.78 is 40.9. The fourth-order valence-corrected chi connectivity index (χ4v) is 4.67. The van der Waals surface area contributed by atoms with E-state index in [2.05, 4.69) is 10.0 Å². The van der Waals surface area contributed by atoms with Crippen LogP contribution < -0.4 is 14.9 Å². The molecule has 8 heteroatoms. The average molecular weight is 361 g/mol. The predicted molar refractivity (Wildman–Crippen MR) is 91.3 cm³/mol. The van der Waals surface area contributed by atoms with Crippen LogP contribution in [0.4, 0.5) is 15.8 Å². The fraction of sp³-hybridized carbons (Fsp3) is 0.235. The van der Waals surface area contributed by atoms with Crippen molar-refractivity contribution in [2.75, 3.05) is 16.8 Å². The second-order valence-electron chi connectivity index (χ2n) is 6.19. The number of hydrogen-bond acceptors (Lipinski definition) is 4. The Morgan fingerprint density at radius 2 is 1.96 bits per heavy atom. The van der Waals surface area contributed by atoms with Gasteiger partial charge in [-0.3, -0.25) is 4.79 Å². The van der Waals surface area contributed by atoms with Gasteiger partial charge in [-0.05, 0) is 36.8 Å². The summed E-state index contributed by atoms with van der Waals surface area (Å²) in [6, 6.07) is 11.4. The Kier molecular flexibility index (Phi) is 3.73. The van der Waals surface area contributed by atoms with E-state index in [1.165, 1.54) is 18.2 Å². The van der Waals surface area contributed by atoms with Gasteiger partial charge in [0.15, 0.2) is 0 Å². The molecule has 2 atom stereocenters. The number of halogens is 1. The first-order valence-corrected chi connectivity index (χ1v) is 9.37. The SMILES string of the molecule is O=C1Nc2ccccc2N2CC(NS(=O)(=O)c3cccc(F)c3)CC12. The largest absolute Gasteiger partial charge is 0.356 e. The smallest absolute Gasteiger partial charge is 0.247 e. The number of fused-ring (bicyclic) bond motifs is 3. The summed E-state index contributed by atoms with van der Waals surface area (Å²) in [6.45, 7) is 0.379. The molecule has 0 aromatic heterocycles. The summed E-state index contributed by atoms with van der Waals surface area (Å²) in [4.78, 5) is 14.1. The number of carbonyl (C=O) groups is 1. The number of anilines is 2. The number of carbonyl (C=O) groups excluding carboxylic acids is 1. The van der Waals surface area contributed by atoms with Crippen LogP contribution in [0.15, 0.2) is 53.4 Å². The van der Waals surface area contributed by atoms with Crippen LogP contribution in [0.3, 0.4) is 0 Å². The minimum absolute atomic E-state index is 0.123. The van der Waals surface area contributed by atoms with E-state index in [9.17, 15) is 17.6 Å². The number of nitrogens with zero attached hydrogens (tertiary/aromatic N) is 1. The Morgan fingerprint density at radius 1 is 1.16 bits per heavy atom. The minimum Gasteiger partial charge on any atom is -0.356 e. The zero-order chi connectivity index (χ0) is 17.6. The Labute approximate surface area is 144 Å². The van der Waals surface area contributed by atoms with E-state index in [0.717, 1.165) is 17.4 Å². The van der Waals surface area contributed by atoms with E-state index in [1.807, 2.05) is 29.2 Å². The minimum atomic E-state index is -3.85. The molecule has 0 radical (unpaired) electrons. The van der Waals surface area contributed by atoms with Gasteiger partial charge in [0.25, 0.3) is 0 Å². The van der Waals surface area contributed by atoms with Crippen LogP contribution in [0.2, 0.25) is 0 Å². The third kappa shape index (κ3) is 2.87. The number of sulfonamides is 1. The van der Waals surface area contributed by atoms with Crippen LogP contribution >= 0.6 is 0 Å². The van der Waals surface area contributed by atoms with Gasteiger partial charge >= 0.3 is 0 Å². The number of para-hydroxylation sites is 2. The highest BCUT2D eigenvalue weighted by Gasteiger charge is 2.42. The van der Waals surface area contributed by atoms with Crippen molar-refractivity contribution < 1.29 is 17.6 Å². The maximum Gasteiger partial charge on any atom is 0.247 e. The Hall–Kier alpha value is -2.45. The predicted octanol–water partition coefficient (Wildman–Crippen LogP) is 1.70.